The highest BCUT2D eigenvalue weighted by atomic mass is 16.3. The fraction of sp³-hybridized carbons (Fsp3) is 0.684. The van der Waals surface area contributed by atoms with Gasteiger partial charge in [-0.3, -0.25) is 4.90 Å². The van der Waals surface area contributed by atoms with Gasteiger partial charge in [0.25, 0.3) is 0 Å². The Bertz CT molecular complexity index is 630. The molecule has 1 spiro atoms. The van der Waals surface area contributed by atoms with E-state index in [1.165, 1.54) is 62.9 Å². The fourth-order valence-corrected chi connectivity index (χ4v) is 6.64. The number of hydrogen-bond acceptors (Lipinski definition) is 3. The average molecular weight is 298 g/mol. The Morgan fingerprint density at radius 3 is 3.05 bits per heavy atom. The molecule has 1 aromatic rings. The number of fused-ring (bicyclic) bond motifs is 1. The van der Waals surface area contributed by atoms with Crippen molar-refractivity contribution < 1.29 is 5.11 Å². The molecule has 3 fully saturated rings. The molecule has 3 heteroatoms. The second-order valence-corrected chi connectivity index (χ2v) is 8.01. The Labute approximate surface area is 132 Å². The van der Waals surface area contributed by atoms with E-state index < -0.39 is 0 Å². The lowest BCUT2D eigenvalue weighted by Gasteiger charge is -2.58. The highest BCUT2D eigenvalue weighted by molar-refractivity contribution is 5.66. The summed E-state index contributed by atoms with van der Waals surface area (Å²) >= 11 is 0. The van der Waals surface area contributed by atoms with Gasteiger partial charge in [0.15, 0.2) is 0 Å². The van der Waals surface area contributed by atoms with Crippen LogP contribution in [0.4, 0.5) is 5.69 Å². The van der Waals surface area contributed by atoms with Crippen LogP contribution in [0.25, 0.3) is 0 Å². The summed E-state index contributed by atoms with van der Waals surface area (Å²) < 4.78 is 0. The molecular weight excluding hydrogens is 272 g/mol. The zero-order valence-corrected chi connectivity index (χ0v) is 13.4. The zero-order valence-electron chi connectivity index (χ0n) is 13.4. The Kier molecular flexibility index (Phi) is 2.52. The molecule has 4 aliphatic rings. The molecule has 4 unspecified atom stereocenters. The van der Waals surface area contributed by atoms with Crippen LogP contribution < -0.4 is 5.32 Å². The Hall–Kier alpha value is -1.22. The number of rotatable bonds is 1. The molecule has 0 amide bonds. The normalized spacial score (nSPS) is 42.4. The Morgan fingerprint density at radius 1 is 1.27 bits per heavy atom. The molecule has 3 nitrogen and oxygen atoms in total. The number of piperidine rings is 1. The van der Waals surface area contributed by atoms with Gasteiger partial charge >= 0.3 is 0 Å². The fourth-order valence-electron chi connectivity index (χ4n) is 6.64. The van der Waals surface area contributed by atoms with Gasteiger partial charge in [0.1, 0.15) is 5.75 Å². The van der Waals surface area contributed by atoms with Crippen LogP contribution in [-0.2, 0) is 5.41 Å². The molecule has 1 aliphatic carbocycles. The lowest BCUT2D eigenvalue weighted by molar-refractivity contribution is -0.0309. The van der Waals surface area contributed by atoms with E-state index >= 15 is 0 Å². The molecule has 3 aliphatic heterocycles. The minimum Gasteiger partial charge on any atom is -0.508 e. The van der Waals surface area contributed by atoms with E-state index in [0.29, 0.717) is 23.2 Å². The number of nitrogens with one attached hydrogen (secondary N) is 1. The van der Waals surface area contributed by atoms with Gasteiger partial charge in [-0.15, -0.1) is 0 Å². The first-order valence-electron chi connectivity index (χ1n) is 9.04. The third kappa shape index (κ3) is 1.37. The third-order valence-corrected chi connectivity index (χ3v) is 7.46. The van der Waals surface area contributed by atoms with Gasteiger partial charge in [0.2, 0.25) is 0 Å². The first kappa shape index (κ1) is 13.2. The van der Waals surface area contributed by atoms with Crippen molar-refractivity contribution in [1.82, 2.24) is 4.90 Å². The van der Waals surface area contributed by atoms with E-state index in [2.05, 4.69) is 23.2 Å². The Morgan fingerprint density at radius 2 is 2.18 bits per heavy atom. The zero-order chi connectivity index (χ0) is 14.9. The summed E-state index contributed by atoms with van der Waals surface area (Å²) in [6, 6.07) is 7.32. The predicted octanol–water partition coefficient (Wildman–Crippen LogP) is 3.48. The summed E-state index contributed by atoms with van der Waals surface area (Å²) in [5.74, 6) is 0.390. The van der Waals surface area contributed by atoms with Gasteiger partial charge in [-0.1, -0.05) is 13.0 Å². The van der Waals surface area contributed by atoms with E-state index in [1.807, 2.05) is 12.1 Å². The molecule has 22 heavy (non-hydrogen) atoms. The average Bonchev–Trinajstić information content (AvgIpc) is 3.07. The highest BCUT2D eigenvalue weighted by Crippen LogP contribution is 2.63. The van der Waals surface area contributed by atoms with Gasteiger partial charge in [-0.25, -0.2) is 0 Å². The molecular formula is C19H26N2O. The number of phenolic OH excluding ortho intramolecular Hbond substituents is 1. The molecule has 1 aromatic carbocycles. The molecule has 2 N–H and O–H groups in total. The predicted molar refractivity (Wildman–Crippen MR) is 88.4 cm³/mol. The quantitative estimate of drug-likeness (QED) is 0.833. The summed E-state index contributed by atoms with van der Waals surface area (Å²) in [5, 5.41) is 13.7. The molecule has 118 valence electrons. The Balaban J connectivity index is 1.71. The first-order valence-corrected chi connectivity index (χ1v) is 9.04. The summed E-state index contributed by atoms with van der Waals surface area (Å²) in [5.41, 5.74) is 3.50. The van der Waals surface area contributed by atoms with Crippen molar-refractivity contribution >= 4 is 5.69 Å². The SMILES string of the molecule is CCC12CCCN3CCC4(c5ccc(O)cc5NC4CC1)C32. The minimum atomic E-state index is 0.289. The van der Waals surface area contributed by atoms with E-state index in [4.69, 9.17) is 0 Å². The lowest BCUT2D eigenvalue weighted by atomic mass is 9.52. The van der Waals surface area contributed by atoms with Crippen LogP contribution >= 0.6 is 0 Å². The maximum atomic E-state index is 9.88. The summed E-state index contributed by atoms with van der Waals surface area (Å²) in [6.45, 7) is 4.95. The largest absolute Gasteiger partial charge is 0.508 e. The van der Waals surface area contributed by atoms with E-state index in [0.717, 1.165) is 0 Å². The van der Waals surface area contributed by atoms with E-state index in [-0.39, 0.29) is 5.41 Å². The molecule has 5 rings (SSSR count). The van der Waals surface area contributed by atoms with Gasteiger partial charge < -0.3 is 10.4 Å². The van der Waals surface area contributed by atoms with Crippen LogP contribution in [0.2, 0.25) is 0 Å². The summed E-state index contributed by atoms with van der Waals surface area (Å²) in [6.07, 6.45) is 8.04. The van der Waals surface area contributed by atoms with Crippen molar-refractivity contribution in [2.75, 3.05) is 18.4 Å². The van der Waals surface area contributed by atoms with Gasteiger partial charge in [-0.05, 0) is 68.7 Å². The minimum absolute atomic E-state index is 0.289. The number of aromatic hydroxyl groups is 1. The van der Waals surface area contributed by atoms with Crippen molar-refractivity contribution in [3.63, 3.8) is 0 Å². The topological polar surface area (TPSA) is 35.5 Å². The van der Waals surface area contributed by atoms with Crippen molar-refractivity contribution in [3.8, 4) is 5.75 Å². The molecule has 0 radical (unpaired) electrons. The molecule has 4 atom stereocenters. The number of phenols is 1. The van der Waals surface area contributed by atoms with Crippen molar-refractivity contribution in [2.24, 2.45) is 5.41 Å². The molecule has 3 heterocycles. The molecule has 1 saturated carbocycles. The second kappa shape index (κ2) is 4.19. The van der Waals surface area contributed by atoms with Gasteiger partial charge in [0, 0.05) is 29.3 Å². The highest BCUT2D eigenvalue weighted by Gasteiger charge is 2.66. The van der Waals surface area contributed by atoms with Crippen LogP contribution in [0, 0.1) is 5.41 Å². The van der Waals surface area contributed by atoms with Crippen LogP contribution in [0.15, 0.2) is 18.2 Å². The van der Waals surface area contributed by atoms with E-state index in [9.17, 15) is 5.11 Å². The summed E-state index contributed by atoms with van der Waals surface area (Å²) in [7, 11) is 0. The van der Waals surface area contributed by atoms with Crippen LogP contribution in [-0.4, -0.2) is 35.2 Å². The number of hydrogen-bond donors (Lipinski definition) is 2. The number of nitrogens with zero attached hydrogens (tertiary/aromatic N) is 1. The van der Waals surface area contributed by atoms with Crippen molar-refractivity contribution in [2.45, 2.75) is 62.9 Å². The van der Waals surface area contributed by atoms with Crippen LogP contribution in [0.3, 0.4) is 0 Å². The molecule has 2 saturated heterocycles. The van der Waals surface area contributed by atoms with Gasteiger partial charge in [0.05, 0.1) is 0 Å². The van der Waals surface area contributed by atoms with Gasteiger partial charge in [-0.2, -0.15) is 0 Å². The lowest BCUT2D eigenvalue weighted by Crippen LogP contribution is -2.63. The van der Waals surface area contributed by atoms with Crippen LogP contribution in [0.1, 0.15) is 51.0 Å². The first-order chi connectivity index (χ1) is 10.7. The molecule has 0 bridgehead atoms. The second-order valence-electron chi connectivity index (χ2n) is 8.01. The van der Waals surface area contributed by atoms with Crippen molar-refractivity contribution in [1.29, 1.82) is 0 Å². The van der Waals surface area contributed by atoms with E-state index in [1.54, 1.807) is 0 Å². The van der Waals surface area contributed by atoms with Crippen LogP contribution in [0.5, 0.6) is 5.75 Å². The van der Waals surface area contributed by atoms with Crippen molar-refractivity contribution in [3.05, 3.63) is 23.8 Å². The molecule has 0 aromatic heterocycles. The smallest absolute Gasteiger partial charge is 0.117 e. The third-order valence-electron chi connectivity index (χ3n) is 7.46. The monoisotopic (exact) mass is 298 g/mol. The summed E-state index contributed by atoms with van der Waals surface area (Å²) in [4.78, 5) is 2.81. The number of anilines is 1. The maximum absolute atomic E-state index is 9.88. The maximum Gasteiger partial charge on any atom is 0.117 e. The number of benzene rings is 1. The standard InChI is InChI=1S/C19H26N2O/c1-2-18-7-3-10-21-11-9-19(17(18)21)14-5-4-13(22)12-15(14)20-16(19)6-8-18/h4-5,12,16-17,20,22H,2-3,6-11H2,1H3.